The van der Waals surface area contributed by atoms with Crippen molar-refractivity contribution in [2.45, 2.75) is 26.8 Å². The van der Waals surface area contributed by atoms with E-state index in [0.717, 1.165) is 32.0 Å². The fourth-order valence-electron chi connectivity index (χ4n) is 2.41. The molecule has 2 aromatic heterocycles. The van der Waals surface area contributed by atoms with Crippen molar-refractivity contribution in [1.29, 1.82) is 0 Å². The number of hydrogen-bond donors (Lipinski definition) is 1. The predicted octanol–water partition coefficient (Wildman–Crippen LogP) is 4.60. The number of furan rings is 1. The summed E-state index contributed by atoms with van der Waals surface area (Å²) in [6.07, 6.45) is 0. The molecule has 1 atom stereocenters. The average molecular weight is 299 g/mol. The summed E-state index contributed by atoms with van der Waals surface area (Å²) in [7, 11) is 0. The molecule has 0 spiro atoms. The van der Waals surface area contributed by atoms with Gasteiger partial charge in [-0.2, -0.15) is 0 Å². The molecule has 21 heavy (non-hydrogen) atoms. The summed E-state index contributed by atoms with van der Waals surface area (Å²) in [6, 6.07) is 11.8. The third-order valence-electron chi connectivity index (χ3n) is 3.59. The predicted molar refractivity (Wildman–Crippen MR) is 85.9 cm³/mol. The number of aryl methyl sites for hydroxylation is 2. The molecule has 3 nitrogen and oxygen atoms in total. The van der Waals surface area contributed by atoms with E-state index in [0.29, 0.717) is 0 Å². The lowest BCUT2D eigenvalue weighted by atomic mass is 10.1. The molecule has 3 rings (SSSR count). The van der Waals surface area contributed by atoms with Crippen LogP contribution in [0.25, 0.3) is 10.1 Å². The van der Waals surface area contributed by atoms with Crippen LogP contribution in [0.3, 0.4) is 0 Å². The van der Waals surface area contributed by atoms with Gasteiger partial charge in [0, 0.05) is 4.70 Å². The number of rotatable bonds is 3. The van der Waals surface area contributed by atoms with E-state index in [2.05, 4.69) is 11.4 Å². The average Bonchev–Trinajstić information content (AvgIpc) is 3.04. The zero-order chi connectivity index (χ0) is 15.0. The number of carbonyl (C=O) groups is 1. The van der Waals surface area contributed by atoms with Gasteiger partial charge in [0.2, 0.25) is 0 Å². The summed E-state index contributed by atoms with van der Waals surface area (Å²) in [5, 5.41) is 4.15. The van der Waals surface area contributed by atoms with Gasteiger partial charge in [0.25, 0.3) is 5.91 Å². The van der Waals surface area contributed by atoms with E-state index in [4.69, 9.17) is 4.42 Å². The van der Waals surface area contributed by atoms with Crippen molar-refractivity contribution in [2.75, 3.05) is 0 Å². The summed E-state index contributed by atoms with van der Waals surface area (Å²) in [6.45, 7) is 5.82. The molecule has 0 aliphatic heterocycles. The van der Waals surface area contributed by atoms with Crippen LogP contribution in [-0.4, -0.2) is 5.91 Å². The minimum atomic E-state index is -0.143. The number of benzene rings is 1. The quantitative estimate of drug-likeness (QED) is 0.768. The molecule has 0 bridgehead atoms. The molecular weight excluding hydrogens is 282 g/mol. The summed E-state index contributed by atoms with van der Waals surface area (Å²) in [5.74, 6) is 1.58. The smallest absolute Gasteiger partial charge is 0.262 e. The molecular formula is C17H17NO2S. The fraction of sp³-hybridized carbons (Fsp3) is 0.235. The second-order valence-corrected chi connectivity index (χ2v) is 6.25. The number of thiophene rings is 1. The largest absolute Gasteiger partial charge is 0.464 e. The molecule has 0 aliphatic rings. The van der Waals surface area contributed by atoms with Crippen LogP contribution in [0.2, 0.25) is 0 Å². The van der Waals surface area contributed by atoms with Crippen molar-refractivity contribution in [1.82, 2.24) is 5.32 Å². The molecule has 1 unspecified atom stereocenters. The van der Waals surface area contributed by atoms with E-state index in [1.165, 1.54) is 11.3 Å². The van der Waals surface area contributed by atoms with Crippen molar-refractivity contribution in [3.05, 3.63) is 58.4 Å². The molecule has 0 aliphatic carbocycles. The lowest BCUT2D eigenvalue weighted by Crippen LogP contribution is -2.26. The molecule has 0 fully saturated rings. The molecule has 2 heterocycles. The standard InChI is InChI=1S/C17H17NO2S/c1-10-8-9-14(20-10)12(3)18-17(19)16-11(2)13-6-4-5-7-15(13)21-16/h4-9,12H,1-3H3,(H,18,19). The Labute approximate surface area is 127 Å². The number of hydrogen-bond acceptors (Lipinski definition) is 3. The number of carbonyl (C=O) groups excluding carboxylic acids is 1. The lowest BCUT2D eigenvalue weighted by Gasteiger charge is -2.11. The first-order valence-corrected chi connectivity index (χ1v) is 7.73. The Bertz CT molecular complexity index is 800. The maximum absolute atomic E-state index is 12.5. The fourth-order valence-corrected chi connectivity index (χ4v) is 3.52. The van der Waals surface area contributed by atoms with Gasteiger partial charge in [-0.15, -0.1) is 11.3 Å². The van der Waals surface area contributed by atoms with Gasteiger partial charge in [-0.25, -0.2) is 0 Å². The highest BCUT2D eigenvalue weighted by molar-refractivity contribution is 7.21. The van der Waals surface area contributed by atoms with Crippen molar-refractivity contribution in [3.63, 3.8) is 0 Å². The van der Waals surface area contributed by atoms with Crippen LogP contribution < -0.4 is 5.32 Å². The molecule has 0 radical (unpaired) electrons. The van der Waals surface area contributed by atoms with Crippen LogP contribution in [0.4, 0.5) is 0 Å². The van der Waals surface area contributed by atoms with Gasteiger partial charge in [0.05, 0.1) is 10.9 Å². The Hall–Kier alpha value is -2.07. The van der Waals surface area contributed by atoms with Crippen molar-refractivity contribution < 1.29 is 9.21 Å². The van der Waals surface area contributed by atoms with Crippen LogP contribution in [0.1, 0.15) is 39.7 Å². The zero-order valence-electron chi connectivity index (χ0n) is 12.3. The molecule has 1 amide bonds. The highest BCUT2D eigenvalue weighted by atomic mass is 32.1. The lowest BCUT2D eigenvalue weighted by molar-refractivity contribution is 0.0939. The van der Waals surface area contributed by atoms with Crippen LogP contribution in [0.5, 0.6) is 0 Å². The Morgan fingerprint density at radius 1 is 1.19 bits per heavy atom. The molecule has 108 valence electrons. The van der Waals surface area contributed by atoms with Crippen LogP contribution >= 0.6 is 11.3 Å². The maximum atomic E-state index is 12.5. The summed E-state index contributed by atoms with van der Waals surface area (Å²) >= 11 is 1.53. The van der Waals surface area contributed by atoms with Gasteiger partial charge >= 0.3 is 0 Å². The van der Waals surface area contributed by atoms with Gasteiger partial charge in [-0.1, -0.05) is 18.2 Å². The van der Waals surface area contributed by atoms with Gasteiger partial charge < -0.3 is 9.73 Å². The first-order chi connectivity index (χ1) is 10.1. The molecule has 1 N–H and O–H groups in total. The monoisotopic (exact) mass is 299 g/mol. The Morgan fingerprint density at radius 3 is 2.62 bits per heavy atom. The minimum absolute atomic E-state index is 0.0461. The molecule has 0 saturated carbocycles. The minimum Gasteiger partial charge on any atom is -0.464 e. The first kappa shape index (κ1) is 13.9. The maximum Gasteiger partial charge on any atom is 0.262 e. The van der Waals surface area contributed by atoms with E-state index < -0.39 is 0 Å². The second kappa shape index (κ2) is 5.37. The second-order valence-electron chi connectivity index (χ2n) is 5.20. The normalized spacial score (nSPS) is 12.5. The number of nitrogens with one attached hydrogen (secondary N) is 1. The van der Waals surface area contributed by atoms with E-state index in [9.17, 15) is 4.79 Å². The van der Waals surface area contributed by atoms with E-state index in [1.807, 2.05) is 51.1 Å². The highest BCUT2D eigenvalue weighted by Crippen LogP contribution is 2.30. The zero-order valence-corrected chi connectivity index (χ0v) is 13.1. The molecule has 1 aromatic carbocycles. The third kappa shape index (κ3) is 2.59. The third-order valence-corrected chi connectivity index (χ3v) is 4.86. The van der Waals surface area contributed by atoms with E-state index >= 15 is 0 Å². The summed E-state index contributed by atoms with van der Waals surface area (Å²) in [5.41, 5.74) is 1.04. The number of amides is 1. The van der Waals surface area contributed by atoms with Crippen molar-refractivity contribution >= 4 is 27.3 Å². The van der Waals surface area contributed by atoms with Crippen LogP contribution in [-0.2, 0) is 0 Å². The molecule has 4 heteroatoms. The Morgan fingerprint density at radius 2 is 1.95 bits per heavy atom. The molecule has 3 aromatic rings. The van der Waals surface area contributed by atoms with Gasteiger partial charge in [0.15, 0.2) is 0 Å². The molecule has 0 saturated heterocycles. The first-order valence-electron chi connectivity index (χ1n) is 6.91. The topological polar surface area (TPSA) is 42.2 Å². The van der Waals surface area contributed by atoms with E-state index in [-0.39, 0.29) is 11.9 Å². The highest BCUT2D eigenvalue weighted by Gasteiger charge is 2.18. The van der Waals surface area contributed by atoms with Crippen molar-refractivity contribution in [3.8, 4) is 0 Å². The van der Waals surface area contributed by atoms with E-state index in [1.54, 1.807) is 0 Å². The SMILES string of the molecule is Cc1ccc(C(C)NC(=O)c2sc3ccccc3c2C)o1. The van der Waals surface area contributed by atoms with Gasteiger partial charge in [0.1, 0.15) is 11.5 Å². The van der Waals surface area contributed by atoms with Gasteiger partial charge in [-0.3, -0.25) is 4.79 Å². The Balaban J connectivity index is 1.85. The summed E-state index contributed by atoms with van der Waals surface area (Å²) in [4.78, 5) is 13.3. The van der Waals surface area contributed by atoms with Crippen LogP contribution in [0, 0.1) is 13.8 Å². The number of fused-ring (bicyclic) bond motifs is 1. The summed E-state index contributed by atoms with van der Waals surface area (Å²) < 4.78 is 6.70. The van der Waals surface area contributed by atoms with Gasteiger partial charge in [-0.05, 0) is 49.9 Å². The van der Waals surface area contributed by atoms with Crippen LogP contribution in [0.15, 0.2) is 40.8 Å². The Kier molecular flexibility index (Phi) is 3.55. The van der Waals surface area contributed by atoms with Crippen molar-refractivity contribution in [2.24, 2.45) is 0 Å².